The predicted octanol–water partition coefficient (Wildman–Crippen LogP) is 4.33. The largest absolute Gasteiger partial charge is 0.336 e. The van der Waals surface area contributed by atoms with Crippen LogP contribution in [0, 0.1) is 6.92 Å². The standard InChI is InChI=1S/C21H18N4OS/c1-14-23-12-16(27-14)13-25(2)21(26)18-11-20(15-7-9-22-10-8-15)24-19-6-4-3-5-17(18)19/h3-12H,13H2,1-2H3. The second-order valence-electron chi connectivity index (χ2n) is 6.31. The molecule has 0 saturated heterocycles. The van der Waals surface area contributed by atoms with E-state index in [1.165, 1.54) is 0 Å². The molecule has 1 aromatic carbocycles. The summed E-state index contributed by atoms with van der Waals surface area (Å²) in [5.41, 5.74) is 3.15. The summed E-state index contributed by atoms with van der Waals surface area (Å²) in [6.45, 7) is 2.50. The third-order valence-corrected chi connectivity index (χ3v) is 5.23. The minimum atomic E-state index is -0.0324. The lowest BCUT2D eigenvalue weighted by molar-refractivity contribution is 0.0788. The molecule has 0 aliphatic carbocycles. The van der Waals surface area contributed by atoms with Crippen LogP contribution in [-0.2, 0) is 6.54 Å². The maximum absolute atomic E-state index is 13.2. The maximum atomic E-state index is 13.2. The lowest BCUT2D eigenvalue weighted by atomic mass is 10.0. The zero-order valence-electron chi connectivity index (χ0n) is 15.1. The summed E-state index contributed by atoms with van der Waals surface area (Å²) < 4.78 is 0. The van der Waals surface area contributed by atoms with Gasteiger partial charge in [-0.05, 0) is 31.2 Å². The van der Waals surface area contributed by atoms with Crippen molar-refractivity contribution in [2.75, 3.05) is 7.05 Å². The third kappa shape index (κ3) is 3.57. The quantitative estimate of drug-likeness (QED) is 0.533. The number of aromatic nitrogens is 3. The van der Waals surface area contributed by atoms with E-state index in [9.17, 15) is 4.79 Å². The Morgan fingerprint density at radius 3 is 2.67 bits per heavy atom. The first-order valence-corrected chi connectivity index (χ1v) is 9.40. The lowest BCUT2D eigenvalue weighted by Crippen LogP contribution is -2.26. The zero-order valence-corrected chi connectivity index (χ0v) is 15.9. The number of amides is 1. The molecule has 4 rings (SSSR count). The number of hydrogen-bond acceptors (Lipinski definition) is 5. The Morgan fingerprint density at radius 2 is 1.93 bits per heavy atom. The van der Waals surface area contributed by atoms with Gasteiger partial charge in [0.2, 0.25) is 0 Å². The minimum Gasteiger partial charge on any atom is -0.336 e. The Balaban J connectivity index is 1.76. The molecular formula is C21H18N4OS. The van der Waals surface area contributed by atoms with E-state index in [1.807, 2.05) is 62.6 Å². The van der Waals surface area contributed by atoms with E-state index in [0.29, 0.717) is 12.1 Å². The molecule has 0 unspecified atom stereocenters. The van der Waals surface area contributed by atoms with Crippen LogP contribution in [0.25, 0.3) is 22.2 Å². The van der Waals surface area contributed by atoms with Gasteiger partial charge in [-0.2, -0.15) is 0 Å². The smallest absolute Gasteiger partial charge is 0.254 e. The highest BCUT2D eigenvalue weighted by Crippen LogP contribution is 2.26. The predicted molar refractivity (Wildman–Crippen MR) is 108 cm³/mol. The lowest BCUT2D eigenvalue weighted by Gasteiger charge is -2.18. The van der Waals surface area contributed by atoms with E-state index in [0.717, 1.165) is 32.0 Å². The molecule has 0 aliphatic heterocycles. The fourth-order valence-electron chi connectivity index (χ4n) is 3.01. The molecule has 5 nitrogen and oxygen atoms in total. The summed E-state index contributed by atoms with van der Waals surface area (Å²) in [7, 11) is 1.82. The van der Waals surface area contributed by atoms with Crippen LogP contribution in [0.4, 0.5) is 0 Å². The second-order valence-corrected chi connectivity index (χ2v) is 7.63. The summed E-state index contributed by atoms with van der Waals surface area (Å²) in [5, 5.41) is 1.85. The van der Waals surface area contributed by atoms with Crippen LogP contribution in [0.5, 0.6) is 0 Å². The molecule has 1 amide bonds. The summed E-state index contributed by atoms with van der Waals surface area (Å²) >= 11 is 1.61. The Hall–Kier alpha value is -3.12. The first kappa shape index (κ1) is 17.3. The number of fused-ring (bicyclic) bond motifs is 1. The normalized spacial score (nSPS) is 10.9. The van der Waals surface area contributed by atoms with Crippen molar-refractivity contribution in [1.82, 2.24) is 19.9 Å². The van der Waals surface area contributed by atoms with Crippen LogP contribution in [0.2, 0.25) is 0 Å². The number of carbonyl (C=O) groups is 1. The molecule has 3 aromatic heterocycles. The number of benzene rings is 1. The Labute approximate surface area is 161 Å². The van der Waals surface area contributed by atoms with Crippen LogP contribution in [0.3, 0.4) is 0 Å². The first-order valence-electron chi connectivity index (χ1n) is 8.59. The Kier molecular flexibility index (Phi) is 4.64. The molecule has 0 atom stereocenters. The molecule has 0 radical (unpaired) electrons. The molecule has 0 aliphatic rings. The van der Waals surface area contributed by atoms with Crippen molar-refractivity contribution in [2.24, 2.45) is 0 Å². The zero-order chi connectivity index (χ0) is 18.8. The molecular weight excluding hydrogens is 356 g/mol. The van der Waals surface area contributed by atoms with E-state index in [4.69, 9.17) is 4.98 Å². The summed E-state index contributed by atoms with van der Waals surface area (Å²) in [4.78, 5) is 29.1. The van der Waals surface area contributed by atoms with Gasteiger partial charge in [-0.3, -0.25) is 9.78 Å². The summed E-state index contributed by atoms with van der Waals surface area (Å²) in [5.74, 6) is -0.0324. The number of aryl methyl sites for hydroxylation is 1. The average molecular weight is 374 g/mol. The van der Waals surface area contributed by atoms with Crippen molar-refractivity contribution in [3.05, 3.63) is 76.5 Å². The van der Waals surface area contributed by atoms with E-state index < -0.39 is 0 Å². The number of hydrogen-bond donors (Lipinski definition) is 0. The van der Waals surface area contributed by atoms with E-state index >= 15 is 0 Å². The molecule has 0 N–H and O–H groups in total. The number of pyridine rings is 2. The van der Waals surface area contributed by atoms with Gasteiger partial charge in [0.15, 0.2) is 0 Å². The van der Waals surface area contributed by atoms with Gasteiger partial charge >= 0.3 is 0 Å². The van der Waals surface area contributed by atoms with E-state index in [1.54, 1.807) is 28.6 Å². The number of nitrogens with zero attached hydrogens (tertiary/aromatic N) is 4. The van der Waals surface area contributed by atoms with Crippen LogP contribution < -0.4 is 0 Å². The van der Waals surface area contributed by atoms with Crippen LogP contribution in [0.1, 0.15) is 20.2 Å². The fourth-order valence-corrected chi connectivity index (χ4v) is 3.86. The first-order chi connectivity index (χ1) is 13.1. The van der Waals surface area contributed by atoms with Crippen molar-refractivity contribution in [3.63, 3.8) is 0 Å². The number of para-hydroxylation sites is 1. The highest BCUT2D eigenvalue weighted by Gasteiger charge is 2.18. The van der Waals surface area contributed by atoms with Crippen molar-refractivity contribution in [1.29, 1.82) is 0 Å². The summed E-state index contributed by atoms with van der Waals surface area (Å²) in [6.07, 6.45) is 5.29. The van der Waals surface area contributed by atoms with Crippen molar-refractivity contribution < 1.29 is 4.79 Å². The van der Waals surface area contributed by atoms with Crippen LogP contribution >= 0.6 is 11.3 Å². The van der Waals surface area contributed by atoms with Gasteiger partial charge in [0.1, 0.15) is 0 Å². The summed E-state index contributed by atoms with van der Waals surface area (Å²) in [6, 6.07) is 13.4. The molecule has 0 fully saturated rings. The van der Waals surface area contributed by atoms with Gasteiger partial charge in [-0.15, -0.1) is 11.3 Å². The number of thiazole rings is 1. The average Bonchev–Trinajstić information content (AvgIpc) is 3.11. The third-order valence-electron chi connectivity index (χ3n) is 4.33. The van der Waals surface area contributed by atoms with Gasteiger partial charge < -0.3 is 4.90 Å². The van der Waals surface area contributed by atoms with Crippen LogP contribution in [0.15, 0.2) is 61.1 Å². The van der Waals surface area contributed by atoms with Gasteiger partial charge in [-0.1, -0.05) is 18.2 Å². The second kappa shape index (κ2) is 7.25. The molecule has 0 bridgehead atoms. The molecule has 4 aromatic rings. The molecule has 0 saturated carbocycles. The van der Waals surface area contributed by atoms with Crippen molar-refractivity contribution in [2.45, 2.75) is 13.5 Å². The topological polar surface area (TPSA) is 59.0 Å². The monoisotopic (exact) mass is 374 g/mol. The maximum Gasteiger partial charge on any atom is 0.254 e. The van der Waals surface area contributed by atoms with Gasteiger partial charge in [0.05, 0.1) is 28.3 Å². The Morgan fingerprint density at radius 1 is 1.15 bits per heavy atom. The van der Waals surface area contributed by atoms with Crippen molar-refractivity contribution in [3.8, 4) is 11.3 Å². The minimum absolute atomic E-state index is 0.0324. The number of carbonyl (C=O) groups excluding carboxylic acids is 1. The van der Waals surface area contributed by atoms with Crippen molar-refractivity contribution >= 4 is 28.1 Å². The van der Waals surface area contributed by atoms with E-state index in [2.05, 4.69) is 9.97 Å². The van der Waals surface area contributed by atoms with Crippen LogP contribution in [-0.4, -0.2) is 32.8 Å². The van der Waals surface area contributed by atoms with Gasteiger partial charge in [0, 0.05) is 41.5 Å². The molecule has 134 valence electrons. The fraction of sp³-hybridized carbons (Fsp3) is 0.143. The number of rotatable bonds is 4. The molecule has 6 heteroatoms. The highest BCUT2D eigenvalue weighted by molar-refractivity contribution is 7.11. The Bertz CT molecular complexity index is 1110. The van der Waals surface area contributed by atoms with Gasteiger partial charge in [-0.25, -0.2) is 9.97 Å². The van der Waals surface area contributed by atoms with E-state index in [-0.39, 0.29) is 5.91 Å². The molecule has 0 spiro atoms. The SMILES string of the molecule is Cc1ncc(CN(C)C(=O)c2cc(-c3ccncc3)nc3ccccc23)s1. The van der Waals surface area contributed by atoms with Gasteiger partial charge in [0.25, 0.3) is 5.91 Å². The molecule has 27 heavy (non-hydrogen) atoms. The molecule has 3 heterocycles. The highest BCUT2D eigenvalue weighted by atomic mass is 32.1.